The fourth-order valence-corrected chi connectivity index (χ4v) is 1.90. The quantitative estimate of drug-likeness (QED) is 0.686. The van der Waals surface area contributed by atoms with Crippen LogP contribution >= 0.6 is 0 Å². The number of nitrogens with one attached hydrogen (secondary N) is 1. The van der Waals surface area contributed by atoms with Crippen molar-refractivity contribution in [2.24, 2.45) is 5.41 Å². The minimum Gasteiger partial charge on any atom is -0.393 e. The van der Waals surface area contributed by atoms with E-state index in [1.165, 1.54) is 19.3 Å². The van der Waals surface area contributed by atoms with Crippen molar-refractivity contribution in [2.45, 2.75) is 58.6 Å². The van der Waals surface area contributed by atoms with Gasteiger partial charge in [0.25, 0.3) is 0 Å². The second-order valence-electron chi connectivity index (χ2n) is 5.23. The van der Waals surface area contributed by atoms with Gasteiger partial charge in [0.05, 0.1) is 6.10 Å². The van der Waals surface area contributed by atoms with E-state index in [2.05, 4.69) is 19.2 Å². The van der Waals surface area contributed by atoms with Gasteiger partial charge in [-0.3, -0.25) is 0 Å². The van der Waals surface area contributed by atoms with Crippen molar-refractivity contribution in [3.8, 4) is 0 Å². The Morgan fingerprint density at radius 3 is 2.46 bits per heavy atom. The highest BCUT2D eigenvalue weighted by molar-refractivity contribution is 4.81. The van der Waals surface area contributed by atoms with Crippen LogP contribution in [0.1, 0.15) is 46.5 Å². The molecule has 0 radical (unpaired) electrons. The summed E-state index contributed by atoms with van der Waals surface area (Å²) < 4.78 is 0. The summed E-state index contributed by atoms with van der Waals surface area (Å²) >= 11 is 0. The zero-order chi connectivity index (χ0) is 9.90. The molecule has 2 nitrogen and oxygen atoms in total. The van der Waals surface area contributed by atoms with Crippen molar-refractivity contribution >= 4 is 0 Å². The average molecular weight is 185 g/mol. The molecule has 0 spiro atoms. The second kappa shape index (κ2) is 4.43. The zero-order valence-corrected chi connectivity index (χ0v) is 9.14. The highest BCUT2D eigenvalue weighted by Gasteiger charge is 2.23. The predicted octanol–water partition coefficient (Wildman–Crippen LogP) is 1.93. The number of aliphatic hydroxyl groups excluding tert-OH is 1. The van der Waals surface area contributed by atoms with Gasteiger partial charge >= 0.3 is 0 Å². The fourth-order valence-electron chi connectivity index (χ4n) is 1.90. The Kier molecular flexibility index (Phi) is 3.74. The van der Waals surface area contributed by atoms with Crippen LogP contribution in [0.5, 0.6) is 0 Å². The first kappa shape index (κ1) is 11.0. The lowest BCUT2D eigenvalue weighted by Crippen LogP contribution is -2.41. The predicted molar refractivity (Wildman–Crippen MR) is 55.7 cm³/mol. The van der Waals surface area contributed by atoms with E-state index < -0.39 is 0 Å². The maximum atomic E-state index is 9.30. The van der Waals surface area contributed by atoms with E-state index in [9.17, 15) is 5.11 Å². The molecule has 0 aromatic heterocycles. The number of rotatable bonds is 5. The van der Waals surface area contributed by atoms with Crippen molar-refractivity contribution < 1.29 is 5.11 Å². The summed E-state index contributed by atoms with van der Waals surface area (Å²) in [6.45, 7) is 7.32. The molecule has 0 heterocycles. The average Bonchev–Trinajstić information content (AvgIpc) is 1.79. The van der Waals surface area contributed by atoms with Crippen LogP contribution < -0.4 is 5.32 Å². The van der Waals surface area contributed by atoms with Crippen LogP contribution in [0.25, 0.3) is 0 Å². The third kappa shape index (κ3) is 4.10. The van der Waals surface area contributed by atoms with Gasteiger partial charge in [-0.1, -0.05) is 20.3 Å². The van der Waals surface area contributed by atoms with Crippen LogP contribution in [-0.2, 0) is 0 Å². The topological polar surface area (TPSA) is 32.3 Å². The van der Waals surface area contributed by atoms with Crippen molar-refractivity contribution in [3.63, 3.8) is 0 Å². The van der Waals surface area contributed by atoms with Gasteiger partial charge in [-0.2, -0.15) is 0 Å². The van der Waals surface area contributed by atoms with Gasteiger partial charge in [-0.05, 0) is 31.6 Å². The van der Waals surface area contributed by atoms with Crippen LogP contribution in [0.2, 0.25) is 0 Å². The van der Waals surface area contributed by atoms with E-state index in [1.807, 2.05) is 6.92 Å². The van der Waals surface area contributed by atoms with Crippen LogP contribution in [0.4, 0.5) is 0 Å². The van der Waals surface area contributed by atoms with Crippen LogP contribution in [-0.4, -0.2) is 23.8 Å². The Morgan fingerprint density at radius 1 is 1.46 bits per heavy atom. The van der Waals surface area contributed by atoms with E-state index in [0.29, 0.717) is 0 Å². The molecular weight excluding hydrogens is 162 g/mol. The Balaban J connectivity index is 2.16. The van der Waals surface area contributed by atoms with Crippen LogP contribution in [0, 0.1) is 5.41 Å². The molecular formula is C11H23NO. The Labute approximate surface area is 81.7 Å². The summed E-state index contributed by atoms with van der Waals surface area (Å²) in [4.78, 5) is 0. The monoisotopic (exact) mass is 185 g/mol. The van der Waals surface area contributed by atoms with Gasteiger partial charge in [0.2, 0.25) is 0 Å². The summed E-state index contributed by atoms with van der Waals surface area (Å²) in [7, 11) is 0. The highest BCUT2D eigenvalue weighted by atomic mass is 16.3. The molecule has 13 heavy (non-hydrogen) atoms. The maximum absolute atomic E-state index is 9.30. The lowest BCUT2D eigenvalue weighted by Gasteiger charge is -2.33. The maximum Gasteiger partial charge on any atom is 0.0517 e. The van der Waals surface area contributed by atoms with Gasteiger partial charge in [0, 0.05) is 12.6 Å². The van der Waals surface area contributed by atoms with E-state index in [4.69, 9.17) is 0 Å². The molecule has 0 amide bonds. The molecule has 2 heteroatoms. The fraction of sp³-hybridized carbons (Fsp3) is 1.00. The first-order valence-corrected chi connectivity index (χ1v) is 5.41. The number of aliphatic hydroxyl groups is 1. The van der Waals surface area contributed by atoms with E-state index >= 15 is 0 Å². The summed E-state index contributed by atoms with van der Waals surface area (Å²) in [6, 6.07) is 0.758. The molecule has 0 saturated heterocycles. The van der Waals surface area contributed by atoms with Crippen molar-refractivity contribution in [1.82, 2.24) is 5.32 Å². The van der Waals surface area contributed by atoms with Crippen molar-refractivity contribution in [2.75, 3.05) is 6.54 Å². The highest BCUT2D eigenvalue weighted by Crippen LogP contribution is 2.24. The zero-order valence-electron chi connectivity index (χ0n) is 9.14. The molecule has 1 aliphatic carbocycles. The van der Waals surface area contributed by atoms with Crippen LogP contribution in [0.15, 0.2) is 0 Å². The minimum absolute atomic E-state index is 0.182. The Morgan fingerprint density at radius 2 is 2.08 bits per heavy atom. The molecule has 0 aromatic rings. The minimum atomic E-state index is -0.182. The molecule has 0 aliphatic heterocycles. The normalized spacial score (nSPS) is 21.2. The molecule has 1 aliphatic rings. The van der Waals surface area contributed by atoms with Gasteiger partial charge in [0.1, 0.15) is 0 Å². The molecule has 1 unspecified atom stereocenters. The molecule has 0 bridgehead atoms. The number of hydrogen-bond donors (Lipinski definition) is 2. The lowest BCUT2D eigenvalue weighted by atomic mass is 9.85. The molecule has 1 rings (SSSR count). The SMILES string of the molecule is CC(O)CC(C)(C)CNC1CCC1. The largest absolute Gasteiger partial charge is 0.393 e. The molecule has 1 atom stereocenters. The first-order valence-electron chi connectivity index (χ1n) is 5.41. The standard InChI is InChI=1S/C11H23NO/c1-9(13)7-11(2,3)8-12-10-5-4-6-10/h9-10,12-13H,4-8H2,1-3H3. The smallest absolute Gasteiger partial charge is 0.0517 e. The Bertz CT molecular complexity index is 150. The lowest BCUT2D eigenvalue weighted by molar-refractivity contribution is 0.123. The van der Waals surface area contributed by atoms with Gasteiger partial charge in [-0.25, -0.2) is 0 Å². The van der Waals surface area contributed by atoms with Gasteiger partial charge in [0.15, 0.2) is 0 Å². The van der Waals surface area contributed by atoms with Gasteiger partial charge < -0.3 is 10.4 Å². The third-order valence-electron chi connectivity index (χ3n) is 2.82. The summed E-state index contributed by atoms with van der Waals surface area (Å²) in [5.74, 6) is 0. The summed E-state index contributed by atoms with van der Waals surface area (Å²) in [6.07, 6.45) is 4.76. The van der Waals surface area contributed by atoms with E-state index in [1.54, 1.807) is 0 Å². The van der Waals surface area contributed by atoms with Gasteiger partial charge in [-0.15, -0.1) is 0 Å². The molecule has 1 fully saturated rings. The Hall–Kier alpha value is -0.0800. The molecule has 2 N–H and O–H groups in total. The van der Waals surface area contributed by atoms with E-state index in [-0.39, 0.29) is 11.5 Å². The second-order valence-corrected chi connectivity index (χ2v) is 5.23. The summed E-state index contributed by atoms with van der Waals surface area (Å²) in [5, 5.41) is 12.9. The molecule has 0 aromatic carbocycles. The van der Waals surface area contributed by atoms with Crippen molar-refractivity contribution in [3.05, 3.63) is 0 Å². The first-order chi connectivity index (χ1) is 5.99. The molecule has 78 valence electrons. The van der Waals surface area contributed by atoms with E-state index in [0.717, 1.165) is 19.0 Å². The third-order valence-corrected chi connectivity index (χ3v) is 2.82. The van der Waals surface area contributed by atoms with Crippen LogP contribution in [0.3, 0.4) is 0 Å². The summed E-state index contributed by atoms with van der Waals surface area (Å²) in [5.41, 5.74) is 0.226. The van der Waals surface area contributed by atoms with Crippen molar-refractivity contribution in [1.29, 1.82) is 0 Å². The molecule has 1 saturated carbocycles. The number of hydrogen-bond acceptors (Lipinski definition) is 2.